The number of anilines is 1. The van der Waals surface area contributed by atoms with Crippen LogP contribution in [0.5, 0.6) is 11.5 Å². The largest absolute Gasteiger partial charge is 0.538 e. The molecule has 0 bridgehead atoms. The van der Waals surface area contributed by atoms with E-state index in [0.29, 0.717) is 11.8 Å². The fraction of sp³-hybridized carbons (Fsp3) is 0.375. The lowest BCUT2D eigenvalue weighted by Gasteiger charge is -2.19. The summed E-state index contributed by atoms with van der Waals surface area (Å²) in [7, 11) is -5.95. The van der Waals surface area contributed by atoms with Crippen molar-refractivity contribution in [1.29, 1.82) is 0 Å². The maximum Gasteiger partial charge on any atom is 0.252 e. The van der Waals surface area contributed by atoms with Gasteiger partial charge in [-0.3, -0.25) is 0 Å². The normalized spacial score (nSPS) is 12.2. The van der Waals surface area contributed by atoms with Crippen molar-refractivity contribution in [3.63, 3.8) is 0 Å². The Bertz CT molecular complexity index is 930. The first-order valence-corrected chi connectivity index (χ1v) is 14.6. The number of halogens is 3. The highest BCUT2D eigenvalue weighted by molar-refractivity contribution is 9.09. The van der Waals surface area contributed by atoms with Crippen LogP contribution in [0, 0.1) is 5.82 Å². The molecule has 0 spiro atoms. The predicted molar refractivity (Wildman–Crippen MR) is 111 cm³/mol. The first-order chi connectivity index (χ1) is 12.4. The summed E-state index contributed by atoms with van der Waals surface area (Å²) in [6.45, 7) is 5.60. The van der Waals surface area contributed by atoms with Crippen LogP contribution in [-0.2, 0) is 10.0 Å². The Morgan fingerprint density at radius 2 is 2.04 bits per heavy atom. The SMILES string of the molecule is C[Si](C)(C)Oc1c(NS(=O)(=O)CCCBr)oc(-c2ccc(Cl)c(F)c2)c1O. The van der Waals surface area contributed by atoms with Crippen molar-refractivity contribution in [2.75, 3.05) is 15.8 Å². The molecular weight excluding hydrogens is 481 g/mol. The highest BCUT2D eigenvalue weighted by Gasteiger charge is 2.30. The molecule has 0 fully saturated rings. The number of nitrogens with one attached hydrogen (secondary N) is 1. The number of rotatable bonds is 8. The van der Waals surface area contributed by atoms with Crippen LogP contribution < -0.4 is 9.15 Å². The summed E-state index contributed by atoms with van der Waals surface area (Å²) in [5.74, 6) is -1.71. The smallest absolute Gasteiger partial charge is 0.252 e. The molecular formula is C16H20BrClFNO5SSi. The standard InChI is InChI=1S/C16H20BrClFNO5SSi/c1-27(2,3)25-15-13(21)14(10-5-6-11(18)12(19)9-10)24-16(15)20-26(22,23)8-4-7-17/h5-6,9,20-21H,4,7-8H2,1-3H3. The summed E-state index contributed by atoms with van der Waals surface area (Å²) in [6.07, 6.45) is 0.390. The molecule has 27 heavy (non-hydrogen) atoms. The number of furan rings is 1. The van der Waals surface area contributed by atoms with Gasteiger partial charge in [-0.1, -0.05) is 27.5 Å². The van der Waals surface area contributed by atoms with Crippen LogP contribution in [0.3, 0.4) is 0 Å². The van der Waals surface area contributed by atoms with E-state index in [1.807, 2.05) is 19.6 Å². The lowest BCUT2D eigenvalue weighted by molar-refractivity contribution is 0.440. The third-order valence-electron chi connectivity index (χ3n) is 3.23. The zero-order valence-electron chi connectivity index (χ0n) is 15.0. The molecule has 6 nitrogen and oxygen atoms in total. The van der Waals surface area contributed by atoms with Gasteiger partial charge in [-0.25, -0.2) is 17.5 Å². The minimum Gasteiger partial charge on any atom is -0.538 e. The molecule has 0 saturated heterocycles. The minimum absolute atomic E-state index is 0.0842. The van der Waals surface area contributed by atoms with Crippen LogP contribution in [-0.4, -0.2) is 32.9 Å². The summed E-state index contributed by atoms with van der Waals surface area (Å²) in [4.78, 5) is 0. The molecule has 1 aromatic heterocycles. The van der Waals surface area contributed by atoms with Crippen molar-refractivity contribution in [3.8, 4) is 22.8 Å². The molecule has 0 amide bonds. The quantitative estimate of drug-likeness (QED) is 0.385. The van der Waals surface area contributed by atoms with Gasteiger partial charge in [0.15, 0.2) is 5.76 Å². The molecule has 0 atom stereocenters. The van der Waals surface area contributed by atoms with Crippen LogP contribution >= 0.6 is 27.5 Å². The monoisotopic (exact) mass is 499 g/mol. The van der Waals surface area contributed by atoms with E-state index in [1.165, 1.54) is 12.1 Å². The van der Waals surface area contributed by atoms with Gasteiger partial charge in [0.2, 0.25) is 29.8 Å². The molecule has 0 unspecified atom stereocenters. The molecule has 2 rings (SSSR count). The highest BCUT2D eigenvalue weighted by atomic mass is 79.9. The van der Waals surface area contributed by atoms with Crippen LogP contribution in [0.15, 0.2) is 22.6 Å². The van der Waals surface area contributed by atoms with E-state index < -0.39 is 29.9 Å². The lowest BCUT2D eigenvalue weighted by Crippen LogP contribution is -2.29. The number of hydrogen-bond donors (Lipinski definition) is 2. The van der Waals surface area contributed by atoms with Gasteiger partial charge in [0.25, 0.3) is 5.88 Å². The number of aromatic hydroxyl groups is 1. The van der Waals surface area contributed by atoms with Gasteiger partial charge in [0.1, 0.15) is 5.82 Å². The van der Waals surface area contributed by atoms with E-state index in [1.54, 1.807) is 0 Å². The molecule has 11 heteroatoms. The van der Waals surface area contributed by atoms with E-state index in [0.717, 1.165) is 6.07 Å². The van der Waals surface area contributed by atoms with Gasteiger partial charge < -0.3 is 13.9 Å². The number of alkyl halides is 1. The van der Waals surface area contributed by atoms with Crippen molar-refractivity contribution in [2.24, 2.45) is 0 Å². The maximum absolute atomic E-state index is 13.8. The molecule has 0 radical (unpaired) electrons. The second kappa shape index (κ2) is 8.42. The van der Waals surface area contributed by atoms with Gasteiger partial charge in [0.05, 0.1) is 10.8 Å². The Hall–Kier alpha value is -1.23. The number of benzene rings is 1. The van der Waals surface area contributed by atoms with Crippen LogP contribution in [0.25, 0.3) is 11.3 Å². The van der Waals surface area contributed by atoms with Gasteiger partial charge in [0, 0.05) is 10.9 Å². The van der Waals surface area contributed by atoms with E-state index in [2.05, 4.69) is 20.7 Å². The maximum atomic E-state index is 13.8. The van der Waals surface area contributed by atoms with Crippen molar-refractivity contribution in [1.82, 2.24) is 0 Å². The second-order valence-electron chi connectivity index (χ2n) is 6.74. The Kier molecular flexibility index (Phi) is 6.88. The lowest BCUT2D eigenvalue weighted by atomic mass is 10.1. The predicted octanol–water partition coefficient (Wildman–Crippen LogP) is 5.19. The Morgan fingerprint density at radius 1 is 1.37 bits per heavy atom. The molecule has 1 heterocycles. The first kappa shape index (κ1) is 22.1. The molecule has 0 aliphatic rings. The summed E-state index contributed by atoms with van der Waals surface area (Å²) >= 11 is 8.86. The topological polar surface area (TPSA) is 88.8 Å². The third kappa shape index (κ3) is 5.87. The summed E-state index contributed by atoms with van der Waals surface area (Å²) in [5, 5.41) is 11.0. The highest BCUT2D eigenvalue weighted by Crippen LogP contribution is 2.47. The Labute approximate surface area is 172 Å². The zero-order chi connectivity index (χ0) is 20.4. The first-order valence-electron chi connectivity index (χ1n) is 8.00. The fourth-order valence-corrected chi connectivity index (χ4v) is 4.76. The average Bonchev–Trinajstić information content (AvgIpc) is 2.83. The van der Waals surface area contributed by atoms with Crippen molar-refractivity contribution >= 4 is 51.8 Å². The van der Waals surface area contributed by atoms with E-state index in [4.69, 9.17) is 20.4 Å². The van der Waals surface area contributed by atoms with Crippen LogP contribution in [0.4, 0.5) is 10.3 Å². The van der Waals surface area contributed by atoms with E-state index in [-0.39, 0.29) is 33.7 Å². The van der Waals surface area contributed by atoms with Crippen LogP contribution in [0.1, 0.15) is 6.42 Å². The molecule has 150 valence electrons. The number of hydrogen-bond acceptors (Lipinski definition) is 5. The molecule has 2 aromatic rings. The summed E-state index contributed by atoms with van der Waals surface area (Å²) in [5.41, 5.74) is 0.195. The van der Waals surface area contributed by atoms with Gasteiger partial charge in [-0.05, 0) is 44.3 Å². The summed E-state index contributed by atoms with van der Waals surface area (Å²) in [6, 6.07) is 3.85. The van der Waals surface area contributed by atoms with E-state index >= 15 is 0 Å². The molecule has 1 aromatic carbocycles. The van der Waals surface area contributed by atoms with Gasteiger partial charge >= 0.3 is 0 Å². The van der Waals surface area contributed by atoms with E-state index in [9.17, 15) is 17.9 Å². The molecule has 0 aliphatic heterocycles. The molecule has 2 N–H and O–H groups in total. The average molecular weight is 501 g/mol. The Balaban J connectivity index is 2.52. The second-order valence-corrected chi connectivity index (χ2v) is 14.2. The minimum atomic E-state index is -3.72. The van der Waals surface area contributed by atoms with Gasteiger partial charge in [-0.2, -0.15) is 0 Å². The van der Waals surface area contributed by atoms with Gasteiger partial charge in [-0.15, -0.1) is 0 Å². The summed E-state index contributed by atoms with van der Waals surface area (Å²) < 4.78 is 51.9. The molecule has 0 aliphatic carbocycles. The van der Waals surface area contributed by atoms with Crippen molar-refractivity contribution in [3.05, 3.63) is 29.0 Å². The fourth-order valence-electron chi connectivity index (χ4n) is 2.15. The van der Waals surface area contributed by atoms with Crippen molar-refractivity contribution in [2.45, 2.75) is 26.1 Å². The number of sulfonamides is 1. The Morgan fingerprint density at radius 3 is 2.59 bits per heavy atom. The third-order valence-corrected chi connectivity index (χ3v) is 6.23. The molecule has 0 saturated carbocycles. The van der Waals surface area contributed by atoms with Crippen molar-refractivity contribution < 1.29 is 26.8 Å². The zero-order valence-corrected chi connectivity index (χ0v) is 19.1. The van der Waals surface area contributed by atoms with Crippen LogP contribution in [0.2, 0.25) is 24.7 Å².